The average molecular weight is 770 g/mol. The second-order valence-electron chi connectivity index (χ2n) is 9.49. The molecule has 0 bridgehead atoms. The van der Waals surface area contributed by atoms with Crippen LogP contribution in [0.1, 0.15) is 34.1 Å². The van der Waals surface area contributed by atoms with Crippen molar-refractivity contribution in [2.75, 3.05) is 36.0 Å². The molecule has 0 spiro atoms. The third-order valence-electron chi connectivity index (χ3n) is 6.55. The van der Waals surface area contributed by atoms with Crippen molar-refractivity contribution in [2.45, 2.75) is 47.2 Å². The van der Waals surface area contributed by atoms with Gasteiger partial charge in [-0.25, -0.2) is 9.13 Å². The Morgan fingerprint density at radius 3 is 1.30 bits per heavy atom. The van der Waals surface area contributed by atoms with Crippen molar-refractivity contribution in [2.24, 2.45) is 20.5 Å². The topological polar surface area (TPSA) is 63.7 Å². The second kappa shape index (κ2) is 19.1. The fraction of sp³-hybridized carbons (Fsp3) is 0.379. The van der Waals surface area contributed by atoms with Gasteiger partial charge in [0.2, 0.25) is 0 Å². The van der Waals surface area contributed by atoms with Gasteiger partial charge in [0.1, 0.15) is 23.8 Å². The predicted molar refractivity (Wildman–Crippen MR) is 185 cm³/mol. The predicted octanol–water partition coefficient (Wildman–Crippen LogP) is 10.8. The third-order valence-corrected chi connectivity index (χ3v) is 8.12. The van der Waals surface area contributed by atoms with E-state index in [1.807, 2.05) is 47.4 Å². The normalized spacial score (nSPS) is 11.6. The van der Waals surface area contributed by atoms with Crippen LogP contribution in [0.2, 0.25) is 0 Å². The van der Waals surface area contributed by atoms with Gasteiger partial charge in [-0.05, 0) is 116 Å². The molecule has 2 heterocycles. The van der Waals surface area contributed by atoms with Crippen LogP contribution in [-0.4, -0.2) is 26.2 Å². The van der Waals surface area contributed by atoms with Crippen LogP contribution in [0.5, 0.6) is 0 Å². The molecule has 0 saturated carbocycles. The minimum atomic E-state index is -3.36. The summed E-state index contributed by atoms with van der Waals surface area (Å²) in [6.07, 6.45) is 5.14. The number of benzene rings is 2. The molecule has 4 rings (SSSR count). The van der Waals surface area contributed by atoms with E-state index in [1.54, 1.807) is 22.7 Å². The van der Waals surface area contributed by atoms with Gasteiger partial charge < -0.3 is 9.80 Å². The van der Waals surface area contributed by atoms with Crippen LogP contribution in [0, 0.1) is 0 Å². The Morgan fingerprint density at radius 1 is 0.614 bits per heavy atom. The number of thiazole rings is 2. The molecular weight excluding hydrogens is 732 g/mol. The van der Waals surface area contributed by atoms with E-state index in [9.17, 15) is 0 Å². The Morgan fingerprint density at radius 2 is 0.977 bits per heavy atom. The number of aromatic nitrogens is 2. The molecule has 0 unspecified atom stereocenters. The summed E-state index contributed by atoms with van der Waals surface area (Å²) in [6, 6.07) is 16.7. The summed E-state index contributed by atoms with van der Waals surface area (Å²) in [7, 11) is 16.8. The van der Waals surface area contributed by atoms with Gasteiger partial charge in [0.25, 0.3) is 0 Å². The van der Waals surface area contributed by atoms with Crippen LogP contribution in [-0.2, 0) is 23.9 Å². The van der Waals surface area contributed by atoms with E-state index >= 15 is 0 Å². The van der Waals surface area contributed by atoms with Crippen LogP contribution < -0.4 is 18.9 Å². The summed E-state index contributed by atoms with van der Waals surface area (Å²) < 4.78 is 4.18. The van der Waals surface area contributed by atoms with Crippen molar-refractivity contribution in [3.8, 4) is 0 Å². The summed E-state index contributed by atoms with van der Waals surface area (Å²) in [6.45, 7) is 14.3. The molecule has 44 heavy (non-hydrogen) atoms. The molecule has 2 aromatic carbocycles. The first-order valence-electron chi connectivity index (χ1n) is 14.7. The van der Waals surface area contributed by atoms with Crippen LogP contribution in [0.15, 0.2) is 92.1 Å². The van der Waals surface area contributed by atoms with Crippen molar-refractivity contribution in [3.05, 3.63) is 71.7 Å². The monoisotopic (exact) mass is 766 g/mol. The first kappa shape index (κ1) is 36.7. The van der Waals surface area contributed by atoms with Crippen LogP contribution in [0.4, 0.5) is 33.0 Å². The number of aryl methyl sites for hydroxylation is 2. The summed E-state index contributed by atoms with van der Waals surface area (Å²) in [5, 5.41) is 23.6. The van der Waals surface area contributed by atoms with Crippen molar-refractivity contribution < 1.29 is 19.9 Å². The molecule has 0 aliphatic carbocycles. The van der Waals surface area contributed by atoms with Crippen molar-refractivity contribution in [1.82, 2.24) is 0 Å². The maximum absolute atomic E-state index is 5.05. The van der Waals surface area contributed by atoms with E-state index in [-0.39, 0.29) is 0 Å². The van der Waals surface area contributed by atoms with Crippen molar-refractivity contribution in [1.29, 1.82) is 0 Å². The number of rotatable bonds is 14. The molecule has 0 fully saturated rings. The zero-order valence-corrected chi connectivity index (χ0v) is 33.1. The van der Waals surface area contributed by atoms with Gasteiger partial charge in [0, 0.05) is 48.3 Å². The Balaban J connectivity index is 0.000000978. The van der Waals surface area contributed by atoms with E-state index < -0.39 is 10.8 Å². The van der Waals surface area contributed by atoms with Gasteiger partial charge in [-0.15, -0.1) is 0 Å². The Hall–Kier alpha value is -1.72. The zero-order chi connectivity index (χ0) is 32.0. The minimum absolute atomic E-state index is 0.867. The van der Waals surface area contributed by atoms with Crippen molar-refractivity contribution >= 4 is 94.5 Å². The summed E-state index contributed by atoms with van der Waals surface area (Å²) >= 11 is 3.20. The molecule has 15 heteroatoms. The Labute approximate surface area is 287 Å². The van der Waals surface area contributed by atoms with Gasteiger partial charge in [-0.1, -0.05) is 0 Å². The van der Waals surface area contributed by atoms with Gasteiger partial charge in [-0.3, -0.25) is 0 Å². The van der Waals surface area contributed by atoms with Gasteiger partial charge >= 0.3 is 59.8 Å². The maximum atomic E-state index is 5.05. The number of azo groups is 2. The molecule has 0 atom stereocenters. The first-order valence-corrected chi connectivity index (χ1v) is 32.0. The molecule has 8 nitrogen and oxygen atoms in total. The van der Waals surface area contributed by atoms with E-state index in [0.717, 1.165) is 67.3 Å². The molecule has 0 amide bonds. The van der Waals surface area contributed by atoms with Crippen LogP contribution in [0.25, 0.3) is 0 Å². The SMILES string of the molecule is CCN(CCCN(CC)c1ccc(N=Nc2scc[n+]2CC)cc1)c1ccc(N=Nc2scc[n+]2CC)cc1.[Cl][Zn-2]([Cl])([Cl])[Cl]. The molecule has 0 saturated heterocycles. The Bertz CT molecular complexity index is 1350. The quantitative estimate of drug-likeness (QED) is 0.0728. The Kier molecular flexibility index (Phi) is 15.9. The third kappa shape index (κ3) is 12.6. The molecule has 0 N–H and O–H groups in total. The fourth-order valence-electron chi connectivity index (χ4n) is 4.29. The van der Waals surface area contributed by atoms with Gasteiger partial charge in [0.05, 0.1) is 23.3 Å². The molecule has 236 valence electrons. The molecule has 2 aromatic heterocycles. The standard InChI is InChI=1S/C29H38N8S2.4ClH.Zn/c1-5-34(26-14-10-24(11-15-26)30-32-28-36(7-3)20-22-38-28)18-9-19-35(6-2)27-16-12-25(13-17-27)31-33-29-37(8-4)21-23-39-29;;;;;/h10-17,20-23H,5-9,18-19H2,1-4H3;4*1H;/q+2;;;;;+2/p-4. The molecule has 4 aromatic rings. The number of anilines is 2. The average Bonchev–Trinajstić information content (AvgIpc) is 3.68. The van der Waals surface area contributed by atoms with E-state index in [0.29, 0.717) is 0 Å². The summed E-state index contributed by atoms with van der Waals surface area (Å²) in [4.78, 5) is 4.82. The molecule has 0 aliphatic heterocycles. The van der Waals surface area contributed by atoms with Gasteiger partial charge in [0.15, 0.2) is 0 Å². The summed E-state index contributed by atoms with van der Waals surface area (Å²) in [5.41, 5.74) is 4.16. The zero-order valence-electron chi connectivity index (χ0n) is 25.5. The first-order chi connectivity index (χ1) is 21.1. The fourth-order valence-corrected chi connectivity index (χ4v) is 5.77. The van der Waals surface area contributed by atoms with E-state index in [4.69, 9.17) is 38.8 Å². The molecule has 0 radical (unpaired) electrons. The van der Waals surface area contributed by atoms with Crippen LogP contribution in [0.3, 0.4) is 0 Å². The summed E-state index contributed by atoms with van der Waals surface area (Å²) in [5.74, 6) is 0. The number of nitrogens with zero attached hydrogens (tertiary/aromatic N) is 8. The number of hydrogen-bond donors (Lipinski definition) is 0. The van der Waals surface area contributed by atoms with Crippen molar-refractivity contribution in [3.63, 3.8) is 0 Å². The number of hydrogen-bond acceptors (Lipinski definition) is 8. The van der Waals surface area contributed by atoms with Gasteiger partial charge in [-0.2, -0.15) is 0 Å². The number of halogens is 4. The van der Waals surface area contributed by atoms with E-state index in [2.05, 4.69) is 91.4 Å². The molecular formula is C29H38Cl4N8S2Zn. The van der Waals surface area contributed by atoms with E-state index in [1.165, 1.54) is 11.4 Å². The molecule has 0 aliphatic rings. The second-order valence-corrected chi connectivity index (χ2v) is 39.0. The van der Waals surface area contributed by atoms with Crippen LogP contribution >= 0.6 is 61.4 Å².